The van der Waals surface area contributed by atoms with Crippen molar-refractivity contribution in [3.8, 4) is 0 Å². The van der Waals surface area contributed by atoms with E-state index in [0.29, 0.717) is 12.5 Å². The molecule has 1 aliphatic rings. The number of nitrogens with zero attached hydrogens (tertiary/aromatic N) is 1. The Morgan fingerprint density at radius 3 is 2.95 bits per heavy atom. The molecule has 21 heavy (non-hydrogen) atoms. The lowest BCUT2D eigenvalue weighted by molar-refractivity contribution is -0.127. The standard InChI is InChI=1S/C17H23FN2O/c1-12(14-5-3-7-16(18)10-14)9-17(21)20-8-4-6-15(11-20)13(2)19/h3,5,7,9-10,13,15H,4,6,8,11,19H2,1-2H3. The Morgan fingerprint density at radius 2 is 2.29 bits per heavy atom. The molecule has 0 saturated carbocycles. The summed E-state index contributed by atoms with van der Waals surface area (Å²) >= 11 is 0. The first kappa shape index (κ1) is 15.7. The predicted molar refractivity (Wildman–Crippen MR) is 83.0 cm³/mol. The molecule has 4 heteroatoms. The minimum Gasteiger partial charge on any atom is -0.339 e. The second-order valence-corrected chi connectivity index (χ2v) is 5.88. The molecule has 2 N–H and O–H groups in total. The number of piperidine rings is 1. The zero-order valence-electron chi connectivity index (χ0n) is 12.7. The Balaban J connectivity index is 2.07. The summed E-state index contributed by atoms with van der Waals surface area (Å²) in [6.07, 6.45) is 3.66. The lowest BCUT2D eigenvalue weighted by Crippen LogP contribution is -2.44. The summed E-state index contributed by atoms with van der Waals surface area (Å²) in [5, 5.41) is 0. The second kappa shape index (κ2) is 6.85. The highest BCUT2D eigenvalue weighted by Gasteiger charge is 2.24. The third-order valence-corrected chi connectivity index (χ3v) is 4.13. The van der Waals surface area contributed by atoms with E-state index in [4.69, 9.17) is 5.73 Å². The van der Waals surface area contributed by atoms with Gasteiger partial charge < -0.3 is 10.6 Å². The summed E-state index contributed by atoms with van der Waals surface area (Å²) in [6, 6.07) is 6.41. The quantitative estimate of drug-likeness (QED) is 0.870. The van der Waals surface area contributed by atoms with E-state index in [1.807, 2.05) is 24.8 Å². The minimum atomic E-state index is -0.289. The van der Waals surface area contributed by atoms with E-state index >= 15 is 0 Å². The average molecular weight is 290 g/mol. The number of benzene rings is 1. The fraction of sp³-hybridized carbons (Fsp3) is 0.471. The third kappa shape index (κ3) is 4.14. The van der Waals surface area contributed by atoms with Gasteiger partial charge in [0, 0.05) is 25.2 Å². The van der Waals surface area contributed by atoms with Crippen LogP contribution in [0.2, 0.25) is 0 Å². The maximum absolute atomic E-state index is 13.2. The smallest absolute Gasteiger partial charge is 0.246 e. The number of hydrogen-bond donors (Lipinski definition) is 1. The van der Waals surface area contributed by atoms with Crippen LogP contribution in [-0.4, -0.2) is 29.9 Å². The van der Waals surface area contributed by atoms with Crippen LogP contribution in [0.1, 0.15) is 32.3 Å². The van der Waals surface area contributed by atoms with E-state index in [1.54, 1.807) is 12.1 Å². The molecule has 0 aliphatic carbocycles. The second-order valence-electron chi connectivity index (χ2n) is 5.88. The van der Waals surface area contributed by atoms with Crippen molar-refractivity contribution in [1.82, 2.24) is 4.90 Å². The van der Waals surface area contributed by atoms with Gasteiger partial charge in [0.05, 0.1) is 0 Å². The third-order valence-electron chi connectivity index (χ3n) is 4.13. The molecule has 2 rings (SSSR count). The molecule has 114 valence electrons. The minimum absolute atomic E-state index is 0.0119. The summed E-state index contributed by atoms with van der Waals surface area (Å²) < 4.78 is 13.2. The van der Waals surface area contributed by atoms with Gasteiger partial charge in [-0.1, -0.05) is 12.1 Å². The first-order valence-corrected chi connectivity index (χ1v) is 7.46. The van der Waals surface area contributed by atoms with Crippen LogP contribution in [0.3, 0.4) is 0 Å². The molecule has 1 aliphatic heterocycles. The average Bonchev–Trinajstić information content (AvgIpc) is 2.47. The van der Waals surface area contributed by atoms with Crippen molar-refractivity contribution >= 4 is 11.5 Å². The Hall–Kier alpha value is -1.68. The van der Waals surface area contributed by atoms with Gasteiger partial charge in [-0.3, -0.25) is 4.79 Å². The number of allylic oxidation sites excluding steroid dienone is 1. The van der Waals surface area contributed by atoms with Crippen LogP contribution in [-0.2, 0) is 4.79 Å². The Labute approximate surface area is 125 Å². The van der Waals surface area contributed by atoms with E-state index < -0.39 is 0 Å². The molecule has 2 unspecified atom stereocenters. The molecule has 1 heterocycles. The maximum Gasteiger partial charge on any atom is 0.246 e. The lowest BCUT2D eigenvalue weighted by Gasteiger charge is -2.34. The van der Waals surface area contributed by atoms with Crippen LogP contribution in [0, 0.1) is 11.7 Å². The molecule has 0 aromatic heterocycles. The molecule has 2 atom stereocenters. The number of hydrogen-bond acceptors (Lipinski definition) is 2. The van der Waals surface area contributed by atoms with Gasteiger partial charge in [0.2, 0.25) is 5.91 Å². The number of halogens is 1. The highest BCUT2D eigenvalue weighted by atomic mass is 19.1. The number of carbonyl (C=O) groups is 1. The van der Waals surface area contributed by atoms with Crippen molar-refractivity contribution in [2.24, 2.45) is 11.7 Å². The summed E-state index contributed by atoms with van der Waals surface area (Å²) in [4.78, 5) is 14.2. The SMILES string of the molecule is CC(=CC(=O)N1CCCC(C(C)N)C1)c1cccc(F)c1. The van der Waals surface area contributed by atoms with Gasteiger partial charge in [0.1, 0.15) is 5.82 Å². The van der Waals surface area contributed by atoms with Crippen molar-refractivity contribution in [2.75, 3.05) is 13.1 Å². The Kier molecular flexibility index (Phi) is 5.12. The Bertz CT molecular complexity index is 539. The summed E-state index contributed by atoms with van der Waals surface area (Å²) in [5.74, 6) is 0.0652. The van der Waals surface area contributed by atoms with Gasteiger partial charge in [-0.25, -0.2) is 4.39 Å². The molecule has 1 saturated heterocycles. The van der Waals surface area contributed by atoms with Crippen molar-refractivity contribution < 1.29 is 9.18 Å². The van der Waals surface area contributed by atoms with Crippen molar-refractivity contribution in [2.45, 2.75) is 32.7 Å². The Morgan fingerprint density at radius 1 is 1.52 bits per heavy atom. The summed E-state index contributed by atoms with van der Waals surface area (Å²) in [6.45, 7) is 5.31. The number of rotatable bonds is 3. The van der Waals surface area contributed by atoms with Crippen molar-refractivity contribution in [3.05, 3.63) is 41.7 Å². The van der Waals surface area contributed by atoms with Gasteiger partial charge in [0.25, 0.3) is 0 Å². The van der Waals surface area contributed by atoms with Crippen LogP contribution in [0.15, 0.2) is 30.3 Å². The first-order valence-electron chi connectivity index (χ1n) is 7.46. The van der Waals surface area contributed by atoms with E-state index in [9.17, 15) is 9.18 Å². The van der Waals surface area contributed by atoms with Gasteiger partial charge in [-0.05, 0) is 55.9 Å². The molecule has 1 fully saturated rings. The molecule has 3 nitrogen and oxygen atoms in total. The topological polar surface area (TPSA) is 46.3 Å². The zero-order valence-corrected chi connectivity index (χ0v) is 12.7. The van der Waals surface area contributed by atoms with E-state index in [-0.39, 0.29) is 17.8 Å². The summed E-state index contributed by atoms with van der Waals surface area (Å²) in [7, 11) is 0. The summed E-state index contributed by atoms with van der Waals surface area (Å²) in [5.41, 5.74) is 7.46. The maximum atomic E-state index is 13.2. The zero-order chi connectivity index (χ0) is 15.4. The van der Waals surface area contributed by atoms with E-state index in [2.05, 4.69) is 0 Å². The molecule has 0 spiro atoms. The molecule has 1 aromatic carbocycles. The van der Waals surface area contributed by atoms with Crippen LogP contribution >= 0.6 is 0 Å². The number of likely N-dealkylation sites (tertiary alicyclic amines) is 1. The number of amides is 1. The predicted octanol–water partition coefficient (Wildman–Crippen LogP) is 2.81. The fourth-order valence-electron chi connectivity index (χ4n) is 2.73. The van der Waals surface area contributed by atoms with Crippen molar-refractivity contribution in [1.29, 1.82) is 0 Å². The van der Waals surface area contributed by atoms with Gasteiger partial charge in [-0.2, -0.15) is 0 Å². The first-order chi connectivity index (χ1) is 9.97. The molecule has 1 amide bonds. The van der Waals surface area contributed by atoms with Gasteiger partial charge in [-0.15, -0.1) is 0 Å². The monoisotopic (exact) mass is 290 g/mol. The highest BCUT2D eigenvalue weighted by Crippen LogP contribution is 2.20. The fourth-order valence-corrected chi connectivity index (χ4v) is 2.73. The number of carbonyl (C=O) groups excluding carboxylic acids is 1. The molecule has 0 bridgehead atoms. The van der Waals surface area contributed by atoms with Crippen LogP contribution < -0.4 is 5.73 Å². The van der Waals surface area contributed by atoms with Crippen LogP contribution in [0.5, 0.6) is 0 Å². The van der Waals surface area contributed by atoms with Crippen LogP contribution in [0.25, 0.3) is 5.57 Å². The van der Waals surface area contributed by atoms with Gasteiger partial charge >= 0.3 is 0 Å². The molecule has 0 radical (unpaired) electrons. The lowest BCUT2D eigenvalue weighted by atomic mass is 9.92. The van der Waals surface area contributed by atoms with E-state index in [1.165, 1.54) is 12.1 Å². The normalized spacial score (nSPS) is 21.2. The largest absolute Gasteiger partial charge is 0.339 e. The highest BCUT2D eigenvalue weighted by molar-refractivity contribution is 5.94. The van der Waals surface area contributed by atoms with Gasteiger partial charge in [0.15, 0.2) is 0 Å². The van der Waals surface area contributed by atoms with Crippen LogP contribution in [0.4, 0.5) is 4.39 Å². The molecular formula is C17H23FN2O. The molecular weight excluding hydrogens is 267 g/mol. The number of nitrogens with two attached hydrogens (primary N) is 1. The van der Waals surface area contributed by atoms with Crippen molar-refractivity contribution in [3.63, 3.8) is 0 Å². The van der Waals surface area contributed by atoms with E-state index in [0.717, 1.165) is 30.5 Å². The molecule has 1 aromatic rings.